The summed E-state index contributed by atoms with van der Waals surface area (Å²) >= 11 is 0. The van der Waals surface area contributed by atoms with Crippen molar-refractivity contribution in [3.8, 4) is 0 Å². The standard InChI is InChI=1S/C12H18NO2/c1-2-3-7-10-13(14,15)11-12-8-5-4-6-9-12/h2,4-6,8-9,14-15H,1,3,7,10-11H2/q+1. The Kier molecular flexibility index (Phi) is 4.49. The molecule has 1 rings (SSSR count). The highest BCUT2D eigenvalue weighted by Crippen LogP contribution is 2.09. The number of hydrogen-bond acceptors (Lipinski definition) is 2. The van der Waals surface area contributed by atoms with Crippen LogP contribution in [-0.4, -0.2) is 21.8 Å². The third-order valence-electron chi connectivity index (χ3n) is 2.20. The van der Waals surface area contributed by atoms with Gasteiger partial charge in [-0.05, 0) is 11.2 Å². The van der Waals surface area contributed by atoms with Crippen molar-refractivity contribution in [3.63, 3.8) is 0 Å². The molecule has 0 spiro atoms. The minimum Gasteiger partial charge on any atom is -0.182 e. The van der Waals surface area contributed by atoms with Gasteiger partial charge in [-0.25, -0.2) is 0 Å². The van der Waals surface area contributed by atoms with Crippen LogP contribution in [0.3, 0.4) is 0 Å². The summed E-state index contributed by atoms with van der Waals surface area (Å²) in [6.45, 7) is 4.13. The van der Waals surface area contributed by atoms with E-state index in [1.54, 1.807) is 6.08 Å². The number of hydroxylamine groups is 4. The first-order chi connectivity index (χ1) is 7.14. The van der Waals surface area contributed by atoms with Gasteiger partial charge in [-0.15, -0.1) is 6.58 Å². The molecule has 0 fully saturated rings. The van der Waals surface area contributed by atoms with Gasteiger partial charge in [0.1, 0.15) is 6.54 Å². The molecule has 0 bridgehead atoms. The van der Waals surface area contributed by atoms with Crippen molar-refractivity contribution in [3.05, 3.63) is 48.6 Å². The van der Waals surface area contributed by atoms with Crippen LogP contribution >= 0.6 is 0 Å². The van der Waals surface area contributed by atoms with Gasteiger partial charge in [-0.2, -0.15) is 10.4 Å². The van der Waals surface area contributed by atoms with Gasteiger partial charge in [-0.3, -0.25) is 0 Å². The van der Waals surface area contributed by atoms with Gasteiger partial charge in [0.2, 0.25) is 0 Å². The van der Waals surface area contributed by atoms with Crippen LogP contribution in [0, 0.1) is 0 Å². The number of hydrogen-bond donors (Lipinski definition) is 2. The number of unbranched alkanes of at least 4 members (excludes halogenated alkanes) is 1. The largest absolute Gasteiger partial charge is 0.182 e. The first-order valence-corrected chi connectivity index (χ1v) is 5.11. The summed E-state index contributed by atoms with van der Waals surface area (Å²) in [7, 11) is 0. The molecule has 15 heavy (non-hydrogen) atoms. The molecule has 0 radical (unpaired) electrons. The average molecular weight is 208 g/mol. The molecule has 0 aromatic heterocycles. The number of quaternary nitrogens is 1. The van der Waals surface area contributed by atoms with Crippen LogP contribution < -0.4 is 0 Å². The van der Waals surface area contributed by atoms with E-state index in [1.165, 1.54) is 0 Å². The van der Waals surface area contributed by atoms with Crippen molar-refractivity contribution < 1.29 is 15.2 Å². The van der Waals surface area contributed by atoms with Gasteiger partial charge in [0.15, 0.2) is 6.54 Å². The zero-order chi connectivity index (χ0) is 11.1. The molecular weight excluding hydrogens is 190 g/mol. The highest BCUT2D eigenvalue weighted by atomic mass is 16.8. The molecule has 0 atom stereocenters. The summed E-state index contributed by atoms with van der Waals surface area (Å²) in [5, 5.41) is 19.3. The molecule has 3 nitrogen and oxygen atoms in total. The Morgan fingerprint density at radius 1 is 1.20 bits per heavy atom. The van der Waals surface area contributed by atoms with Gasteiger partial charge < -0.3 is 0 Å². The third-order valence-corrected chi connectivity index (χ3v) is 2.20. The first-order valence-electron chi connectivity index (χ1n) is 5.11. The number of benzene rings is 1. The molecule has 2 N–H and O–H groups in total. The normalized spacial score (nSPS) is 11.3. The SMILES string of the molecule is C=CCCC[N+](O)(O)Cc1ccccc1. The maximum atomic E-state index is 9.65. The second-order valence-electron chi connectivity index (χ2n) is 3.68. The molecule has 82 valence electrons. The van der Waals surface area contributed by atoms with E-state index in [0.717, 1.165) is 18.4 Å². The Balaban J connectivity index is 2.45. The maximum absolute atomic E-state index is 9.65. The quantitative estimate of drug-likeness (QED) is 0.326. The van der Waals surface area contributed by atoms with Crippen LogP contribution in [0.25, 0.3) is 0 Å². The molecular formula is C12H18NO2+. The van der Waals surface area contributed by atoms with Crippen molar-refractivity contribution in [2.24, 2.45) is 0 Å². The van der Waals surface area contributed by atoms with Crippen LogP contribution in [0.4, 0.5) is 0 Å². The molecule has 0 heterocycles. The summed E-state index contributed by atoms with van der Waals surface area (Å²) in [4.78, 5) is -0.947. The predicted octanol–water partition coefficient (Wildman–Crippen LogP) is 2.75. The lowest BCUT2D eigenvalue weighted by Crippen LogP contribution is -2.41. The van der Waals surface area contributed by atoms with Crippen molar-refractivity contribution in [1.82, 2.24) is 0 Å². The fraction of sp³-hybridized carbons (Fsp3) is 0.333. The summed E-state index contributed by atoms with van der Waals surface area (Å²) in [5.74, 6) is 0. The second-order valence-corrected chi connectivity index (χ2v) is 3.68. The van der Waals surface area contributed by atoms with Gasteiger partial charge in [0, 0.05) is 12.0 Å². The smallest absolute Gasteiger partial charge is 0.167 e. The summed E-state index contributed by atoms with van der Waals surface area (Å²) < 4.78 is 0. The maximum Gasteiger partial charge on any atom is 0.167 e. The predicted molar refractivity (Wildman–Crippen MR) is 58.3 cm³/mol. The lowest BCUT2D eigenvalue weighted by molar-refractivity contribution is -1.25. The molecule has 1 aromatic rings. The monoisotopic (exact) mass is 208 g/mol. The number of rotatable bonds is 6. The summed E-state index contributed by atoms with van der Waals surface area (Å²) in [6, 6.07) is 9.45. The highest BCUT2D eigenvalue weighted by Gasteiger charge is 2.22. The molecule has 3 heteroatoms. The van der Waals surface area contributed by atoms with Gasteiger partial charge in [0.05, 0.1) is 0 Å². The highest BCUT2D eigenvalue weighted by molar-refractivity contribution is 5.13. The Morgan fingerprint density at radius 3 is 2.47 bits per heavy atom. The molecule has 0 amide bonds. The zero-order valence-electron chi connectivity index (χ0n) is 8.84. The molecule has 0 aliphatic heterocycles. The number of allylic oxidation sites excluding steroid dienone is 1. The fourth-order valence-electron chi connectivity index (χ4n) is 1.44. The number of nitrogens with zero attached hydrogens (tertiary/aromatic N) is 1. The lowest BCUT2D eigenvalue weighted by atomic mass is 10.2. The second kappa shape index (κ2) is 5.66. The van der Waals surface area contributed by atoms with Crippen LogP contribution in [0.15, 0.2) is 43.0 Å². The Bertz CT molecular complexity index is 296. The first kappa shape index (κ1) is 11.9. The fourth-order valence-corrected chi connectivity index (χ4v) is 1.44. The molecule has 0 aliphatic carbocycles. The van der Waals surface area contributed by atoms with Crippen LogP contribution in [0.2, 0.25) is 0 Å². The van der Waals surface area contributed by atoms with E-state index in [4.69, 9.17) is 0 Å². The van der Waals surface area contributed by atoms with Crippen molar-refractivity contribution in [1.29, 1.82) is 0 Å². The molecule has 0 saturated heterocycles. The van der Waals surface area contributed by atoms with E-state index in [-0.39, 0.29) is 6.54 Å². The summed E-state index contributed by atoms with van der Waals surface area (Å²) in [6.07, 6.45) is 3.31. The molecule has 1 aromatic carbocycles. The lowest BCUT2D eigenvalue weighted by Gasteiger charge is -2.21. The van der Waals surface area contributed by atoms with Gasteiger partial charge >= 0.3 is 0 Å². The van der Waals surface area contributed by atoms with E-state index in [9.17, 15) is 10.4 Å². The van der Waals surface area contributed by atoms with Crippen molar-refractivity contribution >= 4 is 0 Å². The third kappa shape index (κ3) is 4.74. The van der Waals surface area contributed by atoms with E-state index < -0.39 is 4.81 Å². The minimum absolute atomic E-state index is 0.220. The van der Waals surface area contributed by atoms with E-state index in [1.807, 2.05) is 30.3 Å². The van der Waals surface area contributed by atoms with Gasteiger partial charge in [-0.1, -0.05) is 36.4 Å². The molecule has 0 aliphatic rings. The summed E-state index contributed by atoms with van der Waals surface area (Å²) in [5.41, 5.74) is 0.918. The van der Waals surface area contributed by atoms with Crippen LogP contribution in [0.1, 0.15) is 18.4 Å². The van der Waals surface area contributed by atoms with Crippen LogP contribution in [-0.2, 0) is 6.54 Å². The average Bonchev–Trinajstić information content (AvgIpc) is 2.18. The topological polar surface area (TPSA) is 40.5 Å². The van der Waals surface area contributed by atoms with Crippen molar-refractivity contribution in [2.45, 2.75) is 19.4 Å². The van der Waals surface area contributed by atoms with E-state index >= 15 is 0 Å². The van der Waals surface area contributed by atoms with E-state index in [0.29, 0.717) is 6.54 Å². The minimum atomic E-state index is -0.947. The van der Waals surface area contributed by atoms with Crippen LogP contribution in [0.5, 0.6) is 0 Å². The Morgan fingerprint density at radius 2 is 1.87 bits per heavy atom. The van der Waals surface area contributed by atoms with Gasteiger partial charge in [0.25, 0.3) is 0 Å². The van der Waals surface area contributed by atoms with Crippen molar-refractivity contribution in [2.75, 3.05) is 6.54 Å². The Hall–Kier alpha value is -1.16. The Labute approximate surface area is 90.4 Å². The zero-order valence-corrected chi connectivity index (χ0v) is 8.84. The molecule has 0 saturated carbocycles. The van der Waals surface area contributed by atoms with E-state index in [2.05, 4.69) is 6.58 Å². The molecule has 0 unspecified atom stereocenters.